The molecule has 20 heavy (non-hydrogen) atoms. The maximum Gasteiger partial charge on any atom is 0.261 e. The van der Waals surface area contributed by atoms with Crippen molar-refractivity contribution in [2.24, 2.45) is 0 Å². The molecule has 0 saturated heterocycles. The number of amides is 2. The van der Waals surface area contributed by atoms with E-state index < -0.39 is 0 Å². The Morgan fingerprint density at radius 1 is 1.50 bits per heavy atom. The summed E-state index contributed by atoms with van der Waals surface area (Å²) in [6.45, 7) is 2.04. The Labute approximate surface area is 119 Å². The zero-order valence-electron chi connectivity index (χ0n) is 10.8. The van der Waals surface area contributed by atoms with Crippen LogP contribution in [0.2, 0.25) is 0 Å². The normalized spacial score (nSPS) is 11.8. The van der Waals surface area contributed by atoms with Crippen LogP contribution in [0.3, 0.4) is 0 Å². The number of hydrogen-bond donors (Lipinski definition) is 3. The van der Waals surface area contributed by atoms with E-state index in [4.69, 9.17) is 0 Å². The molecule has 0 radical (unpaired) electrons. The number of rotatable bonds is 6. The SMILES string of the molecule is CC(NC(=O)CCNC(=O)c1cccs1)c1nn[nH]n1. The Hall–Kier alpha value is -2.29. The number of aromatic amines is 1. The summed E-state index contributed by atoms with van der Waals surface area (Å²) in [5, 5.41) is 20.5. The summed E-state index contributed by atoms with van der Waals surface area (Å²) < 4.78 is 0. The van der Waals surface area contributed by atoms with Gasteiger partial charge in [0.05, 0.1) is 10.9 Å². The predicted molar refractivity (Wildman–Crippen MR) is 72.0 cm³/mol. The van der Waals surface area contributed by atoms with Crippen molar-refractivity contribution in [2.45, 2.75) is 19.4 Å². The fourth-order valence-electron chi connectivity index (χ4n) is 1.52. The van der Waals surface area contributed by atoms with Crippen molar-refractivity contribution in [3.63, 3.8) is 0 Å². The highest BCUT2D eigenvalue weighted by Crippen LogP contribution is 2.07. The molecule has 0 spiro atoms. The van der Waals surface area contributed by atoms with Gasteiger partial charge in [-0.2, -0.15) is 5.21 Å². The molecule has 8 nitrogen and oxygen atoms in total. The molecule has 0 fully saturated rings. The van der Waals surface area contributed by atoms with Gasteiger partial charge in [0, 0.05) is 13.0 Å². The maximum absolute atomic E-state index is 11.7. The molecule has 0 aliphatic carbocycles. The molecule has 2 aromatic rings. The van der Waals surface area contributed by atoms with Gasteiger partial charge in [0.2, 0.25) is 5.91 Å². The fourth-order valence-corrected chi connectivity index (χ4v) is 2.16. The van der Waals surface area contributed by atoms with Crippen molar-refractivity contribution in [2.75, 3.05) is 6.54 Å². The third-order valence-corrected chi connectivity index (χ3v) is 3.38. The minimum absolute atomic E-state index is 0.168. The topological polar surface area (TPSA) is 113 Å². The fraction of sp³-hybridized carbons (Fsp3) is 0.364. The molecule has 2 aromatic heterocycles. The molecule has 2 amide bonds. The van der Waals surface area contributed by atoms with Gasteiger partial charge in [0.15, 0.2) is 5.82 Å². The maximum atomic E-state index is 11.7. The van der Waals surface area contributed by atoms with Crippen LogP contribution in [0.25, 0.3) is 0 Å². The Balaban J connectivity index is 1.69. The molecule has 106 valence electrons. The lowest BCUT2D eigenvalue weighted by Crippen LogP contribution is -2.32. The van der Waals surface area contributed by atoms with Crippen molar-refractivity contribution >= 4 is 23.2 Å². The van der Waals surface area contributed by atoms with Crippen molar-refractivity contribution in [3.05, 3.63) is 28.2 Å². The Kier molecular flexibility index (Phi) is 4.77. The second kappa shape index (κ2) is 6.75. The average molecular weight is 294 g/mol. The number of carbonyl (C=O) groups excluding carboxylic acids is 2. The van der Waals surface area contributed by atoms with Gasteiger partial charge in [-0.25, -0.2) is 0 Å². The van der Waals surface area contributed by atoms with Crippen molar-refractivity contribution in [3.8, 4) is 0 Å². The van der Waals surface area contributed by atoms with Gasteiger partial charge < -0.3 is 10.6 Å². The van der Waals surface area contributed by atoms with E-state index in [1.54, 1.807) is 19.1 Å². The van der Waals surface area contributed by atoms with E-state index in [1.807, 2.05) is 5.38 Å². The lowest BCUT2D eigenvalue weighted by molar-refractivity contribution is -0.121. The minimum atomic E-state index is -0.325. The molecule has 1 unspecified atom stereocenters. The molecule has 0 aliphatic heterocycles. The zero-order chi connectivity index (χ0) is 14.4. The number of nitrogens with one attached hydrogen (secondary N) is 3. The first-order valence-corrected chi connectivity index (χ1v) is 6.89. The van der Waals surface area contributed by atoms with Gasteiger partial charge in [-0.05, 0) is 18.4 Å². The van der Waals surface area contributed by atoms with Gasteiger partial charge in [0.1, 0.15) is 0 Å². The van der Waals surface area contributed by atoms with Gasteiger partial charge in [0.25, 0.3) is 5.91 Å². The van der Waals surface area contributed by atoms with Crippen molar-refractivity contribution in [1.29, 1.82) is 0 Å². The number of tetrazole rings is 1. The monoisotopic (exact) mass is 294 g/mol. The molecular formula is C11H14N6O2S. The number of carbonyl (C=O) groups is 2. The Morgan fingerprint density at radius 2 is 2.35 bits per heavy atom. The van der Waals surface area contributed by atoms with E-state index in [2.05, 4.69) is 31.3 Å². The van der Waals surface area contributed by atoms with E-state index in [1.165, 1.54) is 11.3 Å². The highest BCUT2D eigenvalue weighted by atomic mass is 32.1. The second-order valence-corrected chi connectivity index (χ2v) is 4.99. The van der Waals surface area contributed by atoms with E-state index in [-0.39, 0.29) is 30.8 Å². The number of nitrogens with zero attached hydrogens (tertiary/aromatic N) is 3. The number of aromatic nitrogens is 4. The molecule has 2 rings (SSSR count). The zero-order valence-corrected chi connectivity index (χ0v) is 11.6. The van der Waals surface area contributed by atoms with E-state index in [9.17, 15) is 9.59 Å². The van der Waals surface area contributed by atoms with Crippen LogP contribution in [0.4, 0.5) is 0 Å². The standard InChI is InChI=1S/C11H14N6O2S/c1-7(10-14-16-17-15-10)13-9(18)4-5-12-11(19)8-3-2-6-20-8/h2-3,6-7H,4-5H2,1H3,(H,12,19)(H,13,18)(H,14,15,16,17). The summed E-state index contributed by atoms with van der Waals surface area (Å²) in [5.74, 6) is 0.0637. The lowest BCUT2D eigenvalue weighted by Gasteiger charge is -2.10. The minimum Gasteiger partial charge on any atom is -0.351 e. The van der Waals surface area contributed by atoms with Crippen molar-refractivity contribution in [1.82, 2.24) is 31.3 Å². The first-order chi connectivity index (χ1) is 9.66. The third-order valence-electron chi connectivity index (χ3n) is 2.51. The second-order valence-electron chi connectivity index (χ2n) is 4.04. The van der Waals surface area contributed by atoms with Gasteiger partial charge >= 0.3 is 0 Å². The highest BCUT2D eigenvalue weighted by molar-refractivity contribution is 7.12. The molecule has 1 atom stereocenters. The van der Waals surface area contributed by atoms with Crippen LogP contribution in [0.5, 0.6) is 0 Å². The van der Waals surface area contributed by atoms with Crippen LogP contribution in [-0.2, 0) is 4.79 Å². The molecule has 0 aliphatic rings. The number of hydrogen-bond acceptors (Lipinski definition) is 6. The largest absolute Gasteiger partial charge is 0.351 e. The summed E-state index contributed by atoms with van der Waals surface area (Å²) >= 11 is 1.36. The predicted octanol–water partition coefficient (Wildman–Crippen LogP) is 0.258. The Morgan fingerprint density at radius 3 is 3.00 bits per heavy atom. The van der Waals surface area contributed by atoms with Gasteiger partial charge in [-0.3, -0.25) is 9.59 Å². The Bertz CT molecular complexity index is 553. The first-order valence-electron chi connectivity index (χ1n) is 6.01. The number of H-pyrrole nitrogens is 1. The van der Waals surface area contributed by atoms with E-state index >= 15 is 0 Å². The van der Waals surface area contributed by atoms with Crippen LogP contribution in [0, 0.1) is 0 Å². The highest BCUT2D eigenvalue weighted by Gasteiger charge is 2.13. The lowest BCUT2D eigenvalue weighted by atomic mass is 10.3. The summed E-state index contributed by atoms with van der Waals surface area (Å²) in [6, 6.07) is 3.21. The number of thiophene rings is 1. The van der Waals surface area contributed by atoms with Crippen LogP contribution in [0.15, 0.2) is 17.5 Å². The smallest absolute Gasteiger partial charge is 0.261 e. The molecular weight excluding hydrogens is 280 g/mol. The van der Waals surface area contributed by atoms with Crippen molar-refractivity contribution < 1.29 is 9.59 Å². The van der Waals surface area contributed by atoms with Crippen LogP contribution >= 0.6 is 11.3 Å². The van der Waals surface area contributed by atoms with Crippen LogP contribution < -0.4 is 10.6 Å². The molecule has 2 heterocycles. The summed E-state index contributed by atoms with van der Waals surface area (Å²) in [5.41, 5.74) is 0. The molecule has 0 aromatic carbocycles. The third kappa shape index (κ3) is 3.85. The van der Waals surface area contributed by atoms with E-state index in [0.29, 0.717) is 10.7 Å². The van der Waals surface area contributed by atoms with Gasteiger partial charge in [-0.15, -0.1) is 21.5 Å². The van der Waals surface area contributed by atoms with Crippen LogP contribution in [0.1, 0.15) is 34.9 Å². The summed E-state index contributed by atoms with van der Waals surface area (Å²) in [6.07, 6.45) is 0.194. The molecule has 0 saturated carbocycles. The molecule has 9 heteroatoms. The summed E-state index contributed by atoms with van der Waals surface area (Å²) in [7, 11) is 0. The van der Waals surface area contributed by atoms with E-state index in [0.717, 1.165) is 0 Å². The molecule has 0 bridgehead atoms. The molecule has 3 N–H and O–H groups in total. The summed E-state index contributed by atoms with van der Waals surface area (Å²) in [4.78, 5) is 23.9. The average Bonchev–Trinajstić information content (AvgIpc) is 3.12. The first kappa shape index (κ1) is 14.1. The quantitative estimate of drug-likeness (QED) is 0.707. The van der Waals surface area contributed by atoms with Gasteiger partial charge in [-0.1, -0.05) is 11.3 Å². The van der Waals surface area contributed by atoms with Crippen LogP contribution in [-0.4, -0.2) is 39.0 Å².